The first kappa shape index (κ1) is 31.0. The quantitative estimate of drug-likeness (QED) is 0.0667. The number of hydrogen-bond acceptors (Lipinski definition) is 5. The molecule has 0 unspecified atom stereocenters. The maximum atomic E-state index is 11.5. The molecule has 3 aromatic rings. The smallest absolute Gasteiger partial charge is 0.309 e. The largest absolute Gasteiger partial charge is 0.481 e. The molecule has 0 bridgehead atoms. The average molecular weight is 600 g/mol. The van der Waals surface area contributed by atoms with Crippen LogP contribution in [0, 0.1) is 17.9 Å². The number of allylic oxidation sites excluding steroid dienone is 6. The molecule has 45 heavy (non-hydrogen) atoms. The SMILES string of the molecule is [C-]#[N+]c1ccc2c(c1)C(C)(C)C(/C=C/C(C#N)=C/C=C1/N(CCOC=O)c3ccc4ccccc4c3C1(C)C)=[N+]2CCC(=O)O. The van der Waals surface area contributed by atoms with Crippen molar-refractivity contribution in [1.29, 1.82) is 5.26 Å². The third-order valence-electron chi connectivity index (χ3n) is 8.78. The molecule has 0 fully saturated rings. The molecule has 226 valence electrons. The summed E-state index contributed by atoms with van der Waals surface area (Å²) in [6.45, 7) is 17.2. The Kier molecular flexibility index (Phi) is 8.44. The molecule has 0 aliphatic carbocycles. The van der Waals surface area contributed by atoms with Gasteiger partial charge in [0.25, 0.3) is 6.47 Å². The van der Waals surface area contributed by atoms with Crippen LogP contribution in [0.15, 0.2) is 90.2 Å². The number of nitrogens with zero attached hydrogens (tertiary/aromatic N) is 4. The summed E-state index contributed by atoms with van der Waals surface area (Å²) in [5, 5.41) is 21.9. The van der Waals surface area contributed by atoms with Crippen molar-refractivity contribution in [2.24, 2.45) is 0 Å². The maximum absolute atomic E-state index is 11.5. The van der Waals surface area contributed by atoms with Crippen LogP contribution in [0.5, 0.6) is 0 Å². The van der Waals surface area contributed by atoms with Crippen molar-refractivity contribution in [3.63, 3.8) is 0 Å². The number of hydrogen-bond donors (Lipinski definition) is 1. The number of carboxylic acids is 1. The molecule has 2 aliphatic heterocycles. The van der Waals surface area contributed by atoms with Gasteiger partial charge in [-0.25, -0.2) is 4.85 Å². The topological polar surface area (TPSA) is 98.0 Å². The first-order valence-corrected chi connectivity index (χ1v) is 14.8. The van der Waals surface area contributed by atoms with E-state index in [1.165, 1.54) is 5.56 Å². The first-order chi connectivity index (χ1) is 21.5. The fourth-order valence-corrected chi connectivity index (χ4v) is 6.62. The average Bonchev–Trinajstić information content (AvgIpc) is 3.38. The minimum Gasteiger partial charge on any atom is -0.481 e. The van der Waals surface area contributed by atoms with Crippen molar-refractivity contribution in [2.45, 2.75) is 44.9 Å². The van der Waals surface area contributed by atoms with E-state index in [-0.39, 0.29) is 19.6 Å². The first-order valence-electron chi connectivity index (χ1n) is 14.8. The predicted octanol–water partition coefficient (Wildman–Crippen LogP) is 7.10. The molecule has 0 spiro atoms. The summed E-state index contributed by atoms with van der Waals surface area (Å²) in [7, 11) is 0. The Bertz CT molecular complexity index is 1910. The Morgan fingerprint density at radius 3 is 2.62 bits per heavy atom. The van der Waals surface area contributed by atoms with Gasteiger partial charge in [-0.15, -0.1) is 0 Å². The third-order valence-corrected chi connectivity index (χ3v) is 8.78. The minimum atomic E-state index is -0.900. The molecule has 0 saturated heterocycles. The molecule has 0 radical (unpaired) electrons. The molecule has 1 N–H and O–H groups in total. The molecule has 0 amide bonds. The number of carbonyl (C=O) groups is 2. The van der Waals surface area contributed by atoms with Gasteiger partial charge in [-0.2, -0.15) is 9.84 Å². The van der Waals surface area contributed by atoms with Crippen LogP contribution in [0.1, 0.15) is 45.2 Å². The number of fused-ring (bicyclic) bond motifs is 4. The fourth-order valence-electron chi connectivity index (χ4n) is 6.62. The van der Waals surface area contributed by atoms with Crippen molar-refractivity contribution in [2.75, 3.05) is 24.6 Å². The molecule has 8 nitrogen and oxygen atoms in total. The van der Waals surface area contributed by atoms with Crippen LogP contribution in [0.3, 0.4) is 0 Å². The molecule has 0 saturated carbocycles. The summed E-state index contributed by atoms with van der Waals surface area (Å²) in [6, 6.07) is 20.2. The van der Waals surface area contributed by atoms with Crippen LogP contribution in [0.25, 0.3) is 15.6 Å². The number of carbonyl (C=O) groups excluding carboxylic acids is 1. The van der Waals surface area contributed by atoms with E-state index in [9.17, 15) is 20.0 Å². The van der Waals surface area contributed by atoms with Gasteiger partial charge in [0, 0.05) is 28.4 Å². The van der Waals surface area contributed by atoms with Gasteiger partial charge in [0.15, 0.2) is 17.9 Å². The van der Waals surface area contributed by atoms with E-state index in [4.69, 9.17) is 11.3 Å². The predicted molar refractivity (Wildman–Crippen MR) is 175 cm³/mol. The number of ether oxygens (including phenoxy) is 1. The number of benzene rings is 3. The van der Waals surface area contributed by atoms with Gasteiger partial charge in [-0.05, 0) is 72.7 Å². The molecule has 0 atom stereocenters. The van der Waals surface area contributed by atoms with Crippen molar-refractivity contribution in [3.8, 4) is 6.07 Å². The number of nitriles is 1. The highest BCUT2D eigenvalue weighted by molar-refractivity contribution is 6.03. The monoisotopic (exact) mass is 599 g/mol. The zero-order chi connectivity index (χ0) is 32.4. The molecule has 2 heterocycles. The van der Waals surface area contributed by atoms with Crippen molar-refractivity contribution in [1.82, 2.24) is 0 Å². The number of anilines is 1. The van der Waals surface area contributed by atoms with Gasteiger partial charge >= 0.3 is 5.97 Å². The van der Waals surface area contributed by atoms with Gasteiger partial charge in [-0.3, -0.25) is 9.59 Å². The standard InChI is InChI=1S/C37H34N4O4/c1-36(2)29-22-27(39-5)13-15-30(29)40(19-18-34(43)44)32(36)16-10-25(23-38)11-17-33-37(3,4)35-28-9-7-6-8-26(28)12-14-31(35)41(33)20-21-45-24-42/h6-17,22,24H,18-21H2,1-4H3/p+1. The second kappa shape index (κ2) is 12.3. The summed E-state index contributed by atoms with van der Waals surface area (Å²) in [5.74, 6) is -0.900. The van der Waals surface area contributed by atoms with Gasteiger partial charge in [0.05, 0.1) is 30.2 Å². The highest BCUT2D eigenvalue weighted by atomic mass is 16.5. The fraction of sp³-hybridized carbons (Fsp3) is 0.270. The second-order valence-electron chi connectivity index (χ2n) is 12.2. The molecular weight excluding hydrogens is 564 g/mol. The van der Waals surface area contributed by atoms with E-state index in [0.29, 0.717) is 24.3 Å². The highest BCUT2D eigenvalue weighted by Crippen LogP contribution is 2.50. The summed E-state index contributed by atoms with van der Waals surface area (Å²) < 4.78 is 7.04. The number of rotatable bonds is 10. The Balaban J connectivity index is 1.56. The third kappa shape index (κ3) is 5.63. The van der Waals surface area contributed by atoms with Crippen LogP contribution in [-0.2, 0) is 25.2 Å². The number of carboxylic acid groups (broad SMARTS) is 1. The van der Waals surface area contributed by atoms with Crippen LogP contribution in [0.4, 0.5) is 17.1 Å². The summed E-state index contributed by atoms with van der Waals surface area (Å²) in [4.78, 5) is 28.2. The highest BCUT2D eigenvalue weighted by Gasteiger charge is 2.44. The molecule has 2 aliphatic rings. The molecule has 5 rings (SSSR count). The van der Waals surface area contributed by atoms with Gasteiger partial charge < -0.3 is 14.7 Å². The van der Waals surface area contributed by atoms with Crippen LogP contribution in [-0.4, -0.2) is 47.5 Å². The lowest BCUT2D eigenvalue weighted by atomic mass is 9.81. The lowest BCUT2D eigenvalue weighted by Crippen LogP contribution is -2.29. The van der Waals surface area contributed by atoms with E-state index in [1.807, 2.05) is 54.8 Å². The number of aliphatic carboxylic acids is 1. The van der Waals surface area contributed by atoms with Gasteiger partial charge in [-0.1, -0.05) is 44.2 Å². The van der Waals surface area contributed by atoms with Crippen LogP contribution in [0.2, 0.25) is 0 Å². The van der Waals surface area contributed by atoms with Crippen LogP contribution >= 0.6 is 0 Å². The molecule has 3 aromatic carbocycles. The molecular formula is C37H35N4O4+. The van der Waals surface area contributed by atoms with E-state index in [1.54, 1.807) is 18.2 Å². The van der Waals surface area contributed by atoms with Crippen molar-refractivity contribution >= 4 is 46.0 Å². The maximum Gasteiger partial charge on any atom is 0.309 e. The minimum absolute atomic E-state index is 0.0571. The summed E-state index contributed by atoms with van der Waals surface area (Å²) in [5.41, 5.74) is 5.85. The summed E-state index contributed by atoms with van der Waals surface area (Å²) >= 11 is 0. The van der Waals surface area contributed by atoms with Crippen molar-refractivity contribution in [3.05, 3.63) is 113 Å². The second-order valence-corrected chi connectivity index (χ2v) is 12.2. The lowest BCUT2D eigenvalue weighted by Gasteiger charge is -2.26. The van der Waals surface area contributed by atoms with Crippen molar-refractivity contribution < 1.29 is 24.0 Å². The normalized spacial score (nSPS) is 17.3. The zero-order valence-electron chi connectivity index (χ0n) is 25.9. The van der Waals surface area contributed by atoms with E-state index >= 15 is 0 Å². The molecule has 0 aromatic heterocycles. The summed E-state index contributed by atoms with van der Waals surface area (Å²) in [6.07, 6.45) is 7.34. The molecule has 8 heteroatoms. The Morgan fingerprint density at radius 2 is 1.91 bits per heavy atom. The Labute approximate surface area is 263 Å². The van der Waals surface area contributed by atoms with E-state index < -0.39 is 16.8 Å². The van der Waals surface area contributed by atoms with Gasteiger partial charge in [0.2, 0.25) is 5.69 Å². The Morgan fingerprint density at radius 1 is 1.13 bits per heavy atom. The van der Waals surface area contributed by atoms with E-state index in [0.717, 1.165) is 39.1 Å². The Hall–Kier alpha value is -5.47. The lowest BCUT2D eigenvalue weighted by molar-refractivity contribution is -0.436. The van der Waals surface area contributed by atoms with Gasteiger partial charge in [0.1, 0.15) is 13.0 Å². The van der Waals surface area contributed by atoms with E-state index in [2.05, 4.69) is 53.9 Å². The van der Waals surface area contributed by atoms with Crippen LogP contribution < -0.4 is 4.90 Å². The zero-order valence-corrected chi connectivity index (χ0v) is 25.9.